The zero-order valence-electron chi connectivity index (χ0n) is 13.1. The quantitative estimate of drug-likeness (QED) is 0.890. The van der Waals surface area contributed by atoms with Gasteiger partial charge in [-0.15, -0.1) is 0 Å². The zero-order chi connectivity index (χ0) is 16.2. The second-order valence-corrected chi connectivity index (χ2v) is 7.08. The van der Waals surface area contributed by atoms with Crippen LogP contribution in [0.15, 0.2) is 47.4 Å². The van der Waals surface area contributed by atoms with Crippen LogP contribution in [0.1, 0.15) is 22.3 Å². The Morgan fingerprint density at radius 1 is 1.05 bits per heavy atom. The maximum absolute atomic E-state index is 12.5. The summed E-state index contributed by atoms with van der Waals surface area (Å²) in [5.74, 6) is 0. The smallest absolute Gasteiger partial charge is 0.241 e. The number of nitrogens with one attached hydrogen (secondary N) is 1. The Bertz CT molecular complexity index is 754. The van der Waals surface area contributed by atoms with Crippen LogP contribution in [0.4, 0.5) is 0 Å². The minimum Gasteiger partial charge on any atom is -0.380 e. The monoisotopic (exact) mass is 319 g/mol. The van der Waals surface area contributed by atoms with Crippen LogP contribution >= 0.6 is 0 Å². The molecule has 22 heavy (non-hydrogen) atoms. The van der Waals surface area contributed by atoms with Gasteiger partial charge in [0.15, 0.2) is 0 Å². The fraction of sp³-hybridized carbons (Fsp3) is 0.294. The van der Waals surface area contributed by atoms with Gasteiger partial charge in [0.05, 0.1) is 11.5 Å². The summed E-state index contributed by atoms with van der Waals surface area (Å²) in [6, 6.07) is 13.1. The summed E-state index contributed by atoms with van der Waals surface area (Å²) in [7, 11) is -1.88. The molecule has 0 aromatic heterocycles. The fourth-order valence-electron chi connectivity index (χ4n) is 2.25. The van der Waals surface area contributed by atoms with Crippen molar-refractivity contribution in [3.63, 3.8) is 0 Å². The predicted octanol–water partition coefficient (Wildman–Crippen LogP) is 2.93. The van der Waals surface area contributed by atoms with E-state index in [1.165, 1.54) is 0 Å². The van der Waals surface area contributed by atoms with E-state index in [0.717, 1.165) is 22.3 Å². The molecule has 2 aromatic rings. The molecule has 2 aromatic carbocycles. The summed E-state index contributed by atoms with van der Waals surface area (Å²) < 4.78 is 32.7. The molecule has 0 fully saturated rings. The lowest BCUT2D eigenvalue weighted by Gasteiger charge is -2.11. The number of aryl methyl sites for hydroxylation is 2. The van der Waals surface area contributed by atoms with Gasteiger partial charge < -0.3 is 4.74 Å². The highest BCUT2D eigenvalue weighted by molar-refractivity contribution is 7.89. The molecule has 118 valence electrons. The number of rotatable bonds is 6. The van der Waals surface area contributed by atoms with Crippen LogP contribution in [0.2, 0.25) is 0 Å². The molecule has 0 bridgehead atoms. The Balaban J connectivity index is 2.16. The lowest BCUT2D eigenvalue weighted by molar-refractivity contribution is 0.185. The predicted molar refractivity (Wildman–Crippen MR) is 87.1 cm³/mol. The highest BCUT2D eigenvalue weighted by Gasteiger charge is 2.16. The number of methoxy groups -OCH3 is 1. The molecule has 0 aliphatic heterocycles. The van der Waals surface area contributed by atoms with Crippen LogP contribution in [-0.2, 0) is 27.9 Å². The number of benzene rings is 2. The molecule has 0 saturated heterocycles. The third-order valence-electron chi connectivity index (χ3n) is 3.40. The maximum atomic E-state index is 12.5. The van der Waals surface area contributed by atoms with E-state index in [9.17, 15) is 8.42 Å². The number of hydrogen-bond acceptors (Lipinski definition) is 3. The van der Waals surface area contributed by atoms with E-state index in [1.807, 2.05) is 43.3 Å². The molecule has 0 spiro atoms. The summed E-state index contributed by atoms with van der Waals surface area (Å²) in [5.41, 5.74) is 3.59. The SMILES string of the molecule is COCc1cccc(CNS(=O)(=O)c2cc(C)ccc2C)c1. The standard InChI is InChI=1S/C17H21NO3S/c1-13-7-8-14(2)17(9-13)22(19,20)18-11-15-5-4-6-16(10-15)12-21-3/h4-10,18H,11-12H2,1-3H3. The minimum atomic E-state index is -3.52. The van der Waals surface area contributed by atoms with Gasteiger partial charge in [-0.25, -0.2) is 13.1 Å². The Hall–Kier alpha value is -1.69. The summed E-state index contributed by atoms with van der Waals surface area (Å²) in [5, 5.41) is 0. The van der Waals surface area contributed by atoms with E-state index in [2.05, 4.69) is 4.72 Å². The molecule has 0 heterocycles. The van der Waals surface area contributed by atoms with Crippen molar-refractivity contribution in [1.29, 1.82) is 0 Å². The Morgan fingerprint density at radius 3 is 2.50 bits per heavy atom. The van der Waals surface area contributed by atoms with E-state index in [-0.39, 0.29) is 6.54 Å². The average molecular weight is 319 g/mol. The molecule has 0 aliphatic carbocycles. The molecule has 0 saturated carbocycles. The van der Waals surface area contributed by atoms with Gasteiger partial charge in [-0.1, -0.05) is 36.4 Å². The topological polar surface area (TPSA) is 55.4 Å². The summed E-state index contributed by atoms with van der Waals surface area (Å²) in [6.07, 6.45) is 0. The summed E-state index contributed by atoms with van der Waals surface area (Å²) in [6.45, 7) is 4.45. The number of sulfonamides is 1. The maximum Gasteiger partial charge on any atom is 0.241 e. The van der Waals surface area contributed by atoms with Gasteiger partial charge in [-0.2, -0.15) is 0 Å². The molecular weight excluding hydrogens is 298 g/mol. The van der Waals surface area contributed by atoms with Crippen LogP contribution in [0.25, 0.3) is 0 Å². The highest BCUT2D eigenvalue weighted by Crippen LogP contribution is 2.17. The molecular formula is C17H21NO3S. The molecule has 0 amide bonds. The van der Waals surface area contributed by atoms with Gasteiger partial charge in [0, 0.05) is 13.7 Å². The van der Waals surface area contributed by atoms with Gasteiger partial charge >= 0.3 is 0 Å². The molecule has 0 unspecified atom stereocenters. The Morgan fingerprint density at radius 2 is 1.77 bits per heavy atom. The van der Waals surface area contributed by atoms with Crippen molar-refractivity contribution >= 4 is 10.0 Å². The molecule has 4 nitrogen and oxygen atoms in total. The first kappa shape index (κ1) is 16.7. The average Bonchev–Trinajstić information content (AvgIpc) is 2.48. The summed E-state index contributed by atoms with van der Waals surface area (Å²) in [4.78, 5) is 0.334. The molecule has 1 N–H and O–H groups in total. The normalized spacial score (nSPS) is 11.6. The van der Waals surface area contributed by atoms with Crippen LogP contribution in [0.3, 0.4) is 0 Å². The Kier molecular flexibility index (Phi) is 5.34. The van der Waals surface area contributed by atoms with Crippen molar-refractivity contribution in [2.75, 3.05) is 7.11 Å². The second kappa shape index (κ2) is 7.05. The zero-order valence-corrected chi connectivity index (χ0v) is 13.9. The van der Waals surface area contributed by atoms with Crippen molar-refractivity contribution in [2.24, 2.45) is 0 Å². The van der Waals surface area contributed by atoms with E-state index < -0.39 is 10.0 Å². The highest BCUT2D eigenvalue weighted by atomic mass is 32.2. The van der Waals surface area contributed by atoms with Gasteiger partial charge in [0.1, 0.15) is 0 Å². The lowest BCUT2D eigenvalue weighted by atomic mass is 10.1. The molecule has 5 heteroatoms. The lowest BCUT2D eigenvalue weighted by Crippen LogP contribution is -2.24. The largest absolute Gasteiger partial charge is 0.380 e. The van der Waals surface area contributed by atoms with Crippen LogP contribution in [-0.4, -0.2) is 15.5 Å². The Labute approximate surface area is 132 Å². The fourth-order valence-corrected chi connectivity index (χ4v) is 3.59. The molecule has 2 rings (SSSR count). The van der Waals surface area contributed by atoms with Crippen molar-refractivity contribution in [3.05, 3.63) is 64.7 Å². The van der Waals surface area contributed by atoms with Crippen molar-refractivity contribution in [2.45, 2.75) is 31.9 Å². The van der Waals surface area contributed by atoms with Crippen LogP contribution in [0, 0.1) is 13.8 Å². The first-order valence-electron chi connectivity index (χ1n) is 7.06. The van der Waals surface area contributed by atoms with Gasteiger partial charge in [0.2, 0.25) is 10.0 Å². The molecule has 0 aliphatic rings. The number of hydrogen-bond donors (Lipinski definition) is 1. The van der Waals surface area contributed by atoms with Crippen molar-refractivity contribution in [1.82, 2.24) is 4.72 Å². The van der Waals surface area contributed by atoms with Crippen LogP contribution in [0.5, 0.6) is 0 Å². The van der Waals surface area contributed by atoms with Crippen molar-refractivity contribution < 1.29 is 13.2 Å². The molecule has 0 atom stereocenters. The van der Waals surface area contributed by atoms with E-state index in [4.69, 9.17) is 4.74 Å². The third-order valence-corrected chi connectivity index (χ3v) is 4.95. The summed E-state index contributed by atoms with van der Waals surface area (Å²) >= 11 is 0. The first-order chi connectivity index (χ1) is 10.4. The van der Waals surface area contributed by atoms with Gasteiger partial charge in [-0.3, -0.25) is 0 Å². The van der Waals surface area contributed by atoms with Gasteiger partial charge in [-0.05, 0) is 42.2 Å². The van der Waals surface area contributed by atoms with Crippen LogP contribution < -0.4 is 4.72 Å². The number of ether oxygens (including phenoxy) is 1. The van der Waals surface area contributed by atoms with E-state index in [1.54, 1.807) is 20.1 Å². The third kappa shape index (κ3) is 4.16. The first-order valence-corrected chi connectivity index (χ1v) is 8.54. The second-order valence-electron chi connectivity index (χ2n) is 5.35. The minimum absolute atomic E-state index is 0.257. The van der Waals surface area contributed by atoms with Crippen molar-refractivity contribution in [3.8, 4) is 0 Å². The molecule has 0 radical (unpaired) electrons. The van der Waals surface area contributed by atoms with E-state index >= 15 is 0 Å². The van der Waals surface area contributed by atoms with E-state index in [0.29, 0.717) is 11.5 Å². The van der Waals surface area contributed by atoms with Gasteiger partial charge in [0.25, 0.3) is 0 Å².